The van der Waals surface area contributed by atoms with Crippen molar-refractivity contribution in [2.75, 3.05) is 13.7 Å². The van der Waals surface area contributed by atoms with Crippen molar-refractivity contribution in [3.8, 4) is 5.75 Å². The fraction of sp³-hybridized carbons (Fsp3) is 0.462. The van der Waals surface area contributed by atoms with Gasteiger partial charge in [-0.15, -0.1) is 0 Å². The van der Waals surface area contributed by atoms with Gasteiger partial charge in [-0.05, 0) is 17.7 Å². The van der Waals surface area contributed by atoms with Crippen molar-refractivity contribution in [3.63, 3.8) is 0 Å². The number of ether oxygens (including phenoxy) is 1. The van der Waals surface area contributed by atoms with Crippen LogP contribution in [0.2, 0.25) is 0 Å². The van der Waals surface area contributed by atoms with Gasteiger partial charge in [0.25, 0.3) is 0 Å². The van der Waals surface area contributed by atoms with E-state index in [1.165, 1.54) is 14.0 Å². The number of benzene rings is 1. The molecule has 0 aromatic heterocycles. The summed E-state index contributed by atoms with van der Waals surface area (Å²) >= 11 is 0. The van der Waals surface area contributed by atoms with Crippen molar-refractivity contribution in [1.82, 2.24) is 5.32 Å². The van der Waals surface area contributed by atoms with Gasteiger partial charge < -0.3 is 25.4 Å². The third-order valence-electron chi connectivity index (χ3n) is 2.72. The molecule has 106 valence electrons. The molecule has 6 heteroatoms. The Morgan fingerprint density at radius 1 is 1.42 bits per heavy atom. The van der Waals surface area contributed by atoms with E-state index in [1.54, 1.807) is 18.2 Å². The molecule has 0 heterocycles. The molecule has 1 aromatic carbocycles. The first-order chi connectivity index (χ1) is 8.99. The van der Waals surface area contributed by atoms with Gasteiger partial charge in [0.15, 0.2) is 0 Å². The van der Waals surface area contributed by atoms with E-state index >= 15 is 0 Å². The largest absolute Gasteiger partial charge is 0.496 e. The van der Waals surface area contributed by atoms with Crippen molar-refractivity contribution in [2.45, 2.75) is 25.7 Å². The summed E-state index contributed by atoms with van der Waals surface area (Å²) in [4.78, 5) is 10.8. The van der Waals surface area contributed by atoms with E-state index in [0.717, 1.165) is 0 Å². The second-order valence-corrected chi connectivity index (χ2v) is 4.18. The molecule has 2 atom stereocenters. The molecule has 0 aliphatic carbocycles. The second-order valence-electron chi connectivity index (χ2n) is 4.18. The van der Waals surface area contributed by atoms with Gasteiger partial charge in [0, 0.05) is 19.0 Å². The van der Waals surface area contributed by atoms with Gasteiger partial charge in [0.1, 0.15) is 18.0 Å². The molecule has 0 radical (unpaired) electrons. The highest BCUT2D eigenvalue weighted by Crippen LogP contribution is 2.28. The first-order valence-corrected chi connectivity index (χ1v) is 5.87. The quantitative estimate of drug-likeness (QED) is 0.569. The lowest BCUT2D eigenvalue weighted by Gasteiger charge is -2.21. The number of hydrogen-bond acceptors (Lipinski definition) is 5. The van der Waals surface area contributed by atoms with Crippen molar-refractivity contribution in [2.24, 2.45) is 0 Å². The predicted octanol–water partition coefficient (Wildman–Crippen LogP) is -0.282. The smallest absolute Gasteiger partial charge is 0.216 e. The summed E-state index contributed by atoms with van der Waals surface area (Å²) in [6, 6.07) is 4.82. The summed E-state index contributed by atoms with van der Waals surface area (Å²) in [5.41, 5.74) is 0.966. The topological polar surface area (TPSA) is 99.0 Å². The van der Waals surface area contributed by atoms with Crippen LogP contribution in [0.4, 0.5) is 0 Å². The van der Waals surface area contributed by atoms with E-state index in [4.69, 9.17) is 9.84 Å². The lowest BCUT2D eigenvalue weighted by Crippen LogP contribution is -2.34. The van der Waals surface area contributed by atoms with Crippen molar-refractivity contribution in [1.29, 1.82) is 0 Å². The Hall–Kier alpha value is -1.63. The monoisotopic (exact) mass is 269 g/mol. The molecule has 6 nitrogen and oxygen atoms in total. The highest BCUT2D eigenvalue weighted by molar-refractivity contribution is 5.72. The molecule has 1 rings (SSSR count). The van der Waals surface area contributed by atoms with Gasteiger partial charge in [-0.1, -0.05) is 6.07 Å². The Kier molecular flexibility index (Phi) is 5.75. The van der Waals surface area contributed by atoms with E-state index < -0.39 is 12.2 Å². The fourth-order valence-electron chi connectivity index (χ4n) is 1.68. The van der Waals surface area contributed by atoms with Crippen LogP contribution >= 0.6 is 0 Å². The lowest BCUT2D eigenvalue weighted by molar-refractivity contribution is -0.119. The minimum atomic E-state index is -1.21. The first kappa shape index (κ1) is 15.4. The maximum atomic E-state index is 10.8. The average Bonchev–Trinajstić information content (AvgIpc) is 2.42. The molecular formula is C13H19NO5. The van der Waals surface area contributed by atoms with Crippen LogP contribution in [-0.2, 0) is 11.4 Å². The Bertz CT molecular complexity index is 435. The van der Waals surface area contributed by atoms with Crippen molar-refractivity contribution >= 4 is 5.91 Å². The SMILES string of the molecule is COc1ccc(CO)cc1C(O)C(O)CNC(C)=O. The van der Waals surface area contributed by atoms with Crippen molar-refractivity contribution in [3.05, 3.63) is 29.3 Å². The molecule has 0 spiro atoms. The number of hydrogen-bond donors (Lipinski definition) is 4. The molecule has 19 heavy (non-hydrogen) atoms. The Morgan fingerprint density at radius 2 is 2.11 bits per heavy atom. The number of rotatable bonds is 6. The fourth-order valence-corrected chi connectivity index (χ4v) is 1.68. The van der Waals surface area contributed by atoms with Crippen LogP contribution in [0.3, 0.4) is 0 Å². The van der Waals surface area contributed by atoms with Gasteiger partial charge in [-0.25, -0.2) is 0 Å². The molecule has 2 unspecified atom stereocenters. The van der Waals surface area contributed by atoms with Gasteiger partial charge in [-0.2, -0.15) is 0 Å². The van der Waals surface area contributed by atoms with Gasteiger partial charge in [-0.3, -0.25) is 4.79 Å². The zero-order chi connectivity index (χ0) is 14.4. The Morgan fingerprint density at radius 3 is 2.63 bits per heavy atom. The molecule has 0 bridgehead atoms. The maximum Gasteiger partial charge on any atom is 0.216 e. The Labute approximate surface area is 111 Å². The summed E-state index contributed by atoms with van der Waals surface area (Å²) in [5, 5.41) is 31.4. The van der Waals surface area contributed by atoms with Crippen LogP contribution in [0.5, 0.6) is 5.75 Å². The van der Waals surface area contributed by atoms with Crippen LogP contribution in [0, 0.1) is 0 Å². The van der Waals surface area contributed by atoms with Crippen LogP contribution in [0.1, 0.15) is 24.2 Å². The van der Waals surface area contributed by atoms with E-state index in [2.05, 4.69) is 5.32 Å². The summed E-state index contributed by atoms with van der Waals surface area (Å²) in [6.07, 6.45) is -2.37. The van der Waals surface area contributed by atoms with E-state index in [1.807, 2.05) is 0 Å². The molecular weight excluding hydrogens is 250 g/mol. The zero-order valence-electron chi connectivity index (χ0n) is 11.0. The predicted molar refractivity (Wildman–Crippen MR) is 68.6 cm³/mol. The molecule has 4 N–H and O–H groups in total. The molecule has 0 saturated carbocycles. The third-order valence-corrected chi connectivity index (χ3v) is 2.72. The molecule has 0 fully saturated rings. The summed E-state index contributed by atoms with van der Waals surface area (Å²) in [6.45, 7) is 1.08. The normalized spacial score (nSPS) is 13.7. The standard InChI is InChI=1S/C13H19NO5/c1-8(16)14-6-11(17)13(18)10-5-9(7-15)3-4-12(10)19-2/h3-5,11,13,15,17-18H,6-7H2,1-2H3,(H,14,16). The van der Waals surface area contributed by atoms with E-state index in [9.17, 15) is 15.0 Å². The van der Waals surface area contributed by atoms with Crippen LogP contribution < -0.4 is 10.1 Å². The Balaban J connectivity index is 2.89. The van der Waals surface area contributed by atoms with E-state index in [0.29, 0.717) is 16.9 Å². The highest BCUT2D eigenvalue weighted by Gasteiger charge is 2.22. The van der Waals surface area contributed by atoms with Crippen molar-refractivity contribution < 1.29 is 24.9 Å². The number of aliphatic hydroxyl groups is 3. The summed E-state index contributed by atoms with van der Waals surface area (Å²) < 4.78 is 5.10. The minimum absolute atomic E-state index is 0.0665. The van der Waals surface area contributed by atoms with Crippen LogP contribution in [0.15, 0.2) is 18.2 Å². The first-order valence-electron chi connectivity index (χ1n) is 5.87. The minimum Gasteiger partial charge on any atom is -0.496 e. The van der Waals surface area contributed by atoms with E-state index in [-0.39, 0.29) is 19.1 Å². The van der Waals surface area contributed by atoms with Crippen LogP contribution in [0.25, 0.3) is 0 Å². The zero-order valence-corrected chi connectivity index (χ0v) is 11.0. The third kappa shape index (κ3) is 4.20. The van der Waals surface area contributed by atoms with Gasteiger partial charge in [0.2, 0.25) is 5.91 Å². The number of methoxy groups -OCH3 is 1. The van der Waals surface area contributed by atoms with Crippen LogP contribution in [-0.4, -0.2) is 41.0 Å². The lowest BCUT2D eigenvalue weighted by atomic mass is 10.0. The molecule has 0 saturated heterocycles. The highest BCUT2D eigenvalue weighted by atomic mass is 16.5. The summed E-state index contributed by atoms with van der Waals surface area (Å²) in [7, 11) is 1.45. The molecule has 0 aliphatic heterocycles. The maximum absolute atomic E-state index is 10.8. The summed E-state index contributed by atoms with van der Waals surface area (Å²) in [5.74, 6) is 0.119. The molecule has 1 aromatic rings. The number of nitrogens with one attached hydrogen (secondary N) is 1. The molecule has 1 amide bonds. The number of carbonyl (C=O) groups is 1. The van der Waals surface area contributed by atoms with Gasteiger partial charge in [0.05, 0.1) is 13.7 Å². The second kappa shape index (κ2) is 7.08. The number of carbonyl (C=O) groups excluding carboxylic acids is 1. The molecule has 0 aliphatic rings. The average molecular weight is 269 g/mol. The number of aliphatic hydroxyl groups excluding tert-OH is 3. The number of amides is 1. The van der Waals surface area contributed by atoms with Gasteiger partial charge >= 0.3 is 0 Å².